The maximum atomic E-state index is 12.8. The molecule has 1 heterocycles. The van der Waals surface area contributed by atoms with Crippen LogP contribution in [0.15, 0.2) is 47.4 Å². The van der Waals surface area contributed by atoms with Crippen LogP contribution in [0.5, 0.6) is 0 Å². The van der Waals surface area contributed by atoms with Crippen molar-refractivity contribution in [2.45, 2.75) is 30.6 Å². The topological polar surface area (TPSA) is 128 Å². The largest absolute Gasteiger partial charge is 0.478 e. The summed E-state index contributed by atoms with van der Waals surface area (Å²) in [5, 5.41) is 20.7. The summed E-state index contributed by atoms with van der Waals surface area (Å²) in [5.41, 5.74) is 0.189. The van der Waals surface area contributed by atoms with Crippen LogP contribution in [0.2, 0.25) is 0 Å². The molecule has 0 unspecified atom stereocenters. The molecule has 0 spiro atoms. The maximum Gasteiger partial charge on any atom is 0.337 e. The van der Waals surface area contributed by atoms with Gasteiger partial charge in [-0.15, -0.1) is 0 Å². The molecule has 0 aromatic heterocycles. The van der Waals surface area contributed by atoms with Crippen molar-refractivity contribution in [1.82, 2.24) is 4.31 Å². The molecule has 0 bridgehead atoms. The van der Waals surface area contributed by atoms with Gasteiger partial charge < -0.3 is 10.4 Å². The maximum absolute atomic E-state index is 12.8. The molecule has 1 saturated heterocycles. The molecule has 2 N–H and O–H groups in total. The predicted molar refractivity (Wildman–Crippen MR) is 110 cm³/mol. The SMILES string of the molecule is N#Cc1ccc(NC(=O)c2ccc(S(=O)(=O)N3CCCCCC3)cc2)c(C(=O)O)c1. The molecule has 0 radical (unpaired) electrons. The summed E-state index contributed by atoms with van der Waals surface area (Å²) in [7, 11) is -3.62. The van der Waals surface area contributed by atoms with Gasteiger partial charge in [0.15, 0.2) is 0 Å². The highest BCUT2D eigenvalue weighted by Gasteiger charge is 2.25. The number of carboxylic acid groups (broad SMARTS) is 1. The smallest absolute Gasteiger partial charge is 0.337 e. The van der Waals surface area contributed by atoms with Crippen molar-refractivity contribution in [3.05, 3.63) is 59.2 Å². The fraction of sp³-hybridized carbons (Fsp3) is 0.286. The number of hydrogen-bond donors (Lipinski definition) is 2. The number of amides is 1. The van der Waals surface area contributed by atoms with Gasteiger partial charge in [0.25, 0.3) is 5.91 Å². The molecule has 0 saturated carbocycles. The Morgan fingerprint density at radius 2 is 1.63 bits per heavy atom. The molecular weight excluding hydrogens is 406 g/mol. The third kappa shape index (κ3) is 4.67. The number of anilines is 1. The summed E-state index contributed by atoms with van der Waals surface area (Å²) in [4.78, 5) is 24.0. The van der Waals surface area contributed by atoms with Gasteiger partial charge in [0.1, 0.15) is 0 Å². The second-order valence-corrected chi connectivity index (χ2v) is 8.91. The van der Waals surface area contributed by atoms with Crippen LogP contribution in [-0.2, 0) is 10.0 Å². The number of carbonyl (C=O) groups is 2. The van der Waals surface area contributed by atoms with Crippen LogP contribution in [0.4, 0.5) is 5.69 Å². The number of sulfonamides is 1. The lowest BCUT2D eigenvalue weighted by molar-refractivity contribution is 0.0698. The number of carboxylic acids is 1. The Hall–Kier alpha value is -3.22. The molecular formula is C21H21N3O5S. The first-order valence-corrected chi connectivity index (χ1v) is 11.0. The molecule has 156 valence electrons. The lowest BCUT2D eigenvalue weighted by atomic mass is 10.1. The van der Waals surface area contributed by atoms with E-state index in [1.807, 2.05) is 6.07 Å². The van der Waals surface area contributed by atoms with Gasteiger partial charge in [0, 0.05) is 18.7 Å². The molecule has 3 rings (SSSR count). The normalized spacial score (nSPS) is 15.0. The van der Waals surface area contributed by atoms with Crippen molar-refractivity contribution in [1.29, 1.82) is 5.26 Å². The van der Waals surface area contributed by atoms with Gasteiger partial charge in [0.2, 0.25) is 10.0 Å². The molecule has 0 atom stereocenters. The minimum atomic E-state index is -3.62. The number of hydrogen-bond acceptors (Lipinski definition) is 5. The van der Waals surface area contributed by atoms with Gasteiger partial charge >= 0.3 is 5.97 Å². The van der Waals surface area contributed by atoms with Gasteiger partial charge in [-0.2, -0.15) is 9.57 Å². The minimum Gasteiger partial charge on any atom is -0.478 e. The van der Waals surface area contributed by atoms with Crippen LogP contribution >= 0.6 is 0 Å². The van der Waals surface area contributed by atoms with E-state index in [4.69, 9.17) is 5.26 Å². The van der Waals surface area contributed by atoms with Crippen molar-refractivity contribution in [3.63, 3.8) is 0 Å². The van der Waals surface area contributed by atoms with E-state index in [9.17, 15) is 23.1 Å². The highest BCUT2D eigenvalue weighted by molar-refractivity contribution is 7.89. The molecule has 1 fully saturated rings. The van der Waals surface area contributed by atoms with E-state index < -0.39 is 21.9 Å². The second-order valence-electron chi connectivity index (χ2n) is 6.97. The minimum absolute atomic E-state index is 0.0489. The van der Waals surface area contributed by atoms with E-state index in [1.165, 1.54) is 46.8 Å². The number of nitrogens with zero attached hydrogens (tertiary/aromatic N) is 2. The molecule has 1 aliphatic heterocycles. The van der Waals surface area contributed by atoms with Crippen LogP contribution in [0, 0.1) is 11.3 Å². The molecule has 0 aliphatic carbocycles. The number of nitrogens with one attached hydrogen (secondary N) is 1. The Labute approximate surface area is 174 Å². The van der Waals surface area contributed by atoms with Gasteiger partial charge in [-0.1, -0.05) is 12.8 Å². The highest BCUT2D eigenvalue weighted by atomic mass is 32.2. The summed E-state index contributed by atoms with van der Waals surface area (Å²) in [6.45, 7) is 0.975. The summed E-state index contributed by atoms with van der Waals surface area (Å²) >= 11 is 0. The van der Waals surface area contributed by atoms with Crippen molar-refractivity contribution < 1.29 is 23.1 Å². The Morgan fingerprint density at radius 3 is 2.20 bits per heavy atom. The summed E-state index contributed by atoms with van der Waals surface area (Å²) in [6.07, 6.45) is 3.68. The van der Waals surface area contributed by atoms with Crippen LogP contribution in [-0.4, -0.2) is 42.8 Å². The second kappa shape index (κ2) is 9.07. The Bertz CT molecular complexity index is 1100. The van der Waals surface area contributed by atoms with Crippen LogP contribution in [0.25, 0.3) is 0 Å². The molecule has 9 heteroatoms. The van der Waals surface area contributed by atoms with Crippen molar-refractivity contribution in [2.24, 2.45) is 0 Å². The van der Waals surface area contributed by atoms with E-state index >= 15 is 0 Å². The first-order chi connectivity index (χ1) is 14.3. The zero-order valence-corrected chi connectivity index (χ0v) is 17.0. The molecule has 30 heavy (non-hydrogen) atoms. The van der Waals surface area contributed by atoms with Gasteiger partial charge in [-0.3, -0.25) is 4.79 Å². The lowest BCUT2D eigenvalue weighted by Crippen LogP contribution is -2.31. The standard InChI is InChI=1S/C21H21N3O5S/c22-14-15-5-10-19(18(13-15)21(26)27)23-20(25)16-6-8-17(9-7-16)30(28,29)24-11-3-1-2-4-12-24/h5-10,13H,1-4,11-12H2,(H,23,25)(H,26,27). The van der Waals surface area contributed by atoms with Gasteiger partial charge in [-0.05, 0) is 55.3 Å². The van der Waals surface area contributed by atoms with Crippen molar-refractivity contribution in [3.8, 4) is 6.07 Å². The summed E-state index contributed by atoms with van der Waals surface area (Å²) in [5.74, 6) is -1.86. The number of benzene rings is 2. The molecule has 1 aliphatic rings. The first-order valence-electron chi connectivity index (χ1n) is 9.52. The number of aromatic carboxylic acids is 1. The van der Waals surface area contributed by atoms with Gasteiger partial charge in [0.05, 0.1) is 27.8 Å². The number of rotatable bonds is 5. The highest BCUT2D eigenvalue weighted by Crippen LogP contribution is 2.22. The van der Waals surface area contributed by atoms with E-state index in [2.05, 4.69) is 5.32 Å². The van der Waals surface area contributed by atoms with E-state index in [0.717, 1.165) is 25.7 Å². The fourth-order valence-corrected chi connectivity index (χ4v) is 4.82. The van der Waals surface area contributed by atoms with E-state index in [0.29, 0.717) is 13.1 Å². The molecule has 2 aromatic rings. The average molecular weight is 427 g/mol. The van der Waals surface area contributed by atoms with Gasteiger partial charge in [-0.25, -0.2) is 13.2 Å². The Morgan fingerprint density at radius 1 is 1.00 bits per heavy atom. The number of nitriles is 1. The third-order valence-corrected chi connectivity index (χ3v) is 6.86. The zero-order chi connectivity index (χ0) is 21.7. The number of carbonyl (C=O) groups excluding carboxylic acids is 1. The van der Waals surface area contributed by atoms with E-state index in [1.54, 1.807) is 0 Å². The Kier molecular flexibility index (Phi) is 6.50. The predicted octanol–water partition coefficient (Wildman–Crippen LogP) is 3.07. The van der Waals surface area contributed by atoms with Crippen LogP contribution in [0.1, 0.15) is 52.0 Å². The third-order valence-electron chi connectivity index (χ3n) is 4.95. The monoisotopic (exact) mass is 427 g/mol. The Balaban J connectivity index is 1.79. The average Bonchev–Trinajstić information content (AvgIpc) is 3.04. The van der Waals surface area contributed by atoms with Crippen molar-refractivity contribution >= 4 is 27.6 Å². The van der Waals surface area contributed by atoms with Crippen LogP contribution in [0.3, 0.4) is 0 Å². The lowest BCUT2D eigenvalue weighted by Gasteiger charge is -2.20. The van der Waals surface area contributed by atoms with E-state index in [-0.39, 0.29) is 27.3 Å². The summed E-state index contributed by atoms with van der Waals surface area (Å²) < 4.78 is 27.1. The quantitative estimate of drug-likeness (QED) is 0.755. The van der Waals surface area contributed by atoms with Crippen molar-refractivity contribution in [2.75, 3.05) is 18.4 Å². The molecule has 2 aromatic carbocycles. The molecule has 1 amide bonds. The zero-order valence-electron chi connectivity index (χ0n) is 16.2. The van der Waals surface area contributed by atoms with Crippen LogP contribution < -0.4 is 5.32 Å². The first kappa shape index (κ1) is 21.5. The fourth-order valence-electron chi connectivity index (χ4n) is 3.30. The molecule has 8 nitrogen and oxygen atoms in total. The summed E-state index contributed by atoms with van der Waals surface area (Å²) in [6, 6.07) is 11.3.